The van der Waals surface area contributed by atoms with Gasteiger partial charge in [-0.15, -0.1) is 0 Å². The fourth-order valence-corrected chi connectivity index (χ4v) is 1.80. The Balaban J connectivity index is 2.63. The van der Waals surface area contributed by atoms with Crippen LogP contribution in [0, 0.1) is 0 Å². The Morgan fingerprint density at radius 1 is 1.27 bits per heavy atom. The molecule has 0 unspecified atom stereocenters. The normalized spacial score (nSPS) is 12.3. The SMILES string of the molecule is FC(F)(F)c1ccc2occ(CBr)c2c1. The molecular weight excluding hydrogens is 273 g/mol. The Kier molecular flexibility index (Phi) is 2.50. The topological polar surface area (TPSA) is 13.1 Å². The van der Waals surface area contributed by atoms with Crippen LogP contribution in [0.2, 0.25) is 0 Å². The van der Waals surface area contributed by atoms with Crippen molar-refractivity contribution in [1.29, 1.82) is 0 Å². The smallest absolute Gasteiger partial charge is 0.416 e. The van der Waals surface area contributed by atoms with Crippen molar-refractivity contribution in [3.8, 4) is 0 Å². The number of hydrogen-bond acceptors (Lipinski definition) is 1. The maximum Gasteiger partial charge on any atom is 0.416 e. The third-order valence-electron chi connectivity index (χ3n) is 2.12. The summed E-state index contributed by atoms with van der Waals surface area (Å²) in [6, 6.07) is 3.46. The van der Waals surface area contributed by atoms with Crippen LogP contribution in [-0.2, 0) is 11.5 Å². The largest absolute Gasteiger partial charge is 0.464 e. The van der Waals surface area contributed by atoms with Crippen molar-refractivity contribution in [2.45, 2.75) is 11.5 Å². The maximum absolute atomic E-state index is 12.4. The van der Waals surface area contributed by atoms with Crippen molar-refractivity contribution in [2.75, 3.05) is 0 Å². The summed E-state index contributed by atoms with van der Waals surface area (Å²) in [5.74, 6) is 0. The van der Waals surface area contributed by atoms with Gasteiger partial charge < -0.3 is 4.42 Å². The lowest BCUT2D eigenvalue weighted by atomic mass is 10.1. The van der Waals surface area contributed by atoms with Gasteiger partial charge in [0.15, 0.2) is 0 Å². The first-order valence-corrected chi connectivity index (χ1v) is 5.28. The van der Waals surface area contributed by atoms with Crippen LogP contribution >= 0.6 is 15.9 Å². The van der Waals surface area contributed by atoms with Crippen LogP contribution in [0.1, 0.15) is 11.1 Å². The van der Waals surface area contributed by atoms with Gasteiger partial charge in [-0.25, -0.2) is 0 Å². The number of fused-ring (bicyclic) bond motifs is 1. The van der Waals surface area contributed by atoms with Crippen LogP contribution in [-0.4, -0.2) is 0 Å². The number of furan rings is 1. The highest BCUT2D eigenvalue weighted by Gasteiger charge is 2.30. The second-order valence-corrected chi connectivity index (χ2v) is 3.66. The third-order valence-corrected chi connectivity index (χ3v) is 2.73. The Morgan fingerprint density at radius 3 is 2.60 bits per heavy atom. The zero-order valence-corrected chi connectivity index (χ0v) is 9.02. The summed E-state index contributed by atoms with van der Waals surface area (Å²) >= 11 is 3.19. The van der Waals surface area contributed by atoms with E-state index >= 15 is 0 Å². The molecular formula is C10H6BrF3O. The summed E-state index contributed by atoms with van der Waals surface area (Å²) < 4.78 is 42.4. The minimum absolute atomic E-state index is 0.470. The highest BCUT2D eigenvalue weighted by atomic mass is 79.9. The van der Waals surface area contributed by atoms with Crippen molar-refractivity contribution in [1.82, 2.24) is 0 Å². The number of rotatable bonds is 1. The summed E-state index contributed by atoms with van der Waals surface area (Å²) in [4.78, 5) is 0. The van der Waals surface area contributed by atoms with Crippen LogP contribution < -0.4 is 0 Å². The number of alkyl halides is 4. The summed E-state index contributed by atoms with van der Waals surface area (Å²) in [5.41, 5.74) is 0.534. The van der Waals surface area contributed by atoms with Gasteiger partial charge in [-0.05, 0) is 18.2 Å². The average molecular weight is 279 g/mol. The molecule has 15 heavy (non-hydrogen) atoms. The molecule has 0 bridgehead atoms. The minimum Gasteiger partial charge on any atom is -0.464 e. The molecule has 0 saturated carbocycles. The van der Waals surface area contributed by atoms with E-state index in [9.17, 15) is 13.2 Å². The molecule has 0 aliphatic rings. The van der Waals surface area contributed by atoms with Crippen molar-refractivity contribution in [2.24, 2.45) is 0 Å². The van der Waals surface area contributed by atoms with E-state index in [1.165, 1.54) is 12.3 Å². The van der Waals surface area contributed by atoms with Gasteiger partial charge >= 0.3 is 6.18 Å². The van der Waals surface area contributed by atoms with Gasteiger partial charge in [0.05, 0.1) is 11.8 Å². The first kappa shape index (κ1) is 10.5. The highest BCUT2D eigenvalue weighted by molar-refractivity contribution is 9.08. The Labute approximate surface area is 92.0 Å². The number of hydrogen-bond donors (Lipinski definition) is 0. The molecule has 0 aliphatic carbocycles. The quantitative estimate of drug-likeness (QED) is 0.707. The standard InChI is InChI=1S/C10H6BrF3O/c11-4-6-5-15-9-2-1-7(3-8(6)9)10(12,13)14/h1-3,5H,4H2. The van der Waals surface area contributed by atoms with Crippen molar-refractivity contribution in [3.05, 3.63) is 35.6 Å². The van der Waals surface area contributed by atoms with Gasteiger partial charge in [0.25, 0.3) is 0 Å². The van der Waals surface area contributed by atoms with E-state index in [4.69, 9.17) is 4.42 Å². The Hall–Kier alpha value is -0.970. The van der Waals surface area contributed by atoms with Gasteiger partial charge in [0, 0.05) is 16.3 Å². The van der Waals surface area contributed by atoms with E-state index in [1.807, 2.05) is 0 Å². The molecule has 5 heteroatoms. The molecule has 2 rings (SSSR count). The molecule has 80 valence electrons. The van der Waals surface area contributed by atoms with E-state index in [1.54, 1.807) is 0 Å². The van der Waals surface area contributed by atoms with Crippen molar-refractivity contribution < 1.29 is 17.6 Å². The van der Waals surface area contributed by atoms with E-state index in [0.29, 0.717) is 16.3 Å². The molecule has 0 amide bonds. The molecule has 0 saturated heterocycles. The molecule has 0 aliphatic heterocycles. The lowest BCUT2D eigenvalue weighted by molar-refractivity contribution is -0.137. The second-order valence-electron chi connectivity index (χ2n) is 3.10. The molecule has 1 nitrogen and oxygen atoms in total. The van der Waals surface area contributed by atoms with Gasteiger partial charge in [0.2, 0.25) is 0 Å². The first-order valence-electron chi connectivity index (χ1n) is 4.15. The fourth-order valence-electron chi connectivity index (χ4n) is 1.36. The number of benzene rings is 1. The zero-order valence-electron chi connectivity index (χ0n) is 7.44. The van der Waals surface area contributed by atoms with Crippen LogP contribution in [0.4, 0.5) is 13.2 Å². The van der Waals surface area contributed by atoms with Crippen LogP contribution in [0.25, 0.3) is 11.0 Å². The molecule has 1 aromatic carbocycles. The predicted molar refractivity (Wildman–Crippen MR) is 53.8 cm³/mol. The molecule has 0 spiro atoms. The van der Waals surface area contributed by atoms with E-state index in [0.717, 1.165) is 17.7 Å². The van der Waals surface area contributed by atoms with Crippen LogP contribution in [0.5, 0.6) is 0 Å². The second kappa shape index (κ2) is 3.56. The van der Waals surface area contributed by atoms with E-state index in [-0.39, 0.29) is 0 Å². The average Bonchev–Trinajstić information content (AvgIpc) is 2.57. The highest BCUT2D eigenvalue weighted by Crippen LogP contribution is 2.33. The summed E-state index contributed by atoms with van der Waals surface area (Å²) in [7, 11) is 0. The van der Waals surface area contributed by atoms with Crippen molar-refractivity contribution >= 4 is 26.9 Å². The van der Waals surface area contributed by atoms with Gasteiger partial charge in [0.1, 0.15) is 5.58 Å². The minimum atomic E-state index is -4.31. The van der Waals surface area contributed by atoms with Crippen LogP contribution in [0.3, 0.4) is 0 Å². The summed E-state index contributed by atoms with van der Waals surface area (Å²) in [6.45, 7) is 0. The van der Waals surface area contributed by atoms with Gasteiger partial charge in [-0.2, -0.15) is 13.2 Å². The van der Waals surface area contributed by atoms with E-state index in [2.05, 4.69) is 15.9 Å². The third kappa shape index (κ3) is 1.88. The van der Waals surface area contributed by atoms with Crippen LogP contribution in [0.15, 0.2) is 28.9 Å². The molecule has 0 fully saturated rings. The lowest BCUT2D eigenvalue weighted by Gasteiger charge is -2.05. The summed E-state index contributed by atoms with van der Waals surface area (Å²) in [6.07, 6.45) is -2.85. The molecule has 0 N–H and O–H groups in total. The monoisotopic (exact) mass is 278 g/mol. The molecule has 0 radical (unpaired) electrons. The lowest BCUT2D eigenvalue weighted by Crippen LogP contribution is -2.04. The maximum atomic E-state index is 12.4. The fraction of sp³-hybridized carbons (Fsp3) is 0.200. The zero-order chi connectivity index (χ0) is 11.1. The number of halogens is 4. The molecule has 1 aromatic heterocycles. The molecule has 0 atom stereocenters. The molecule has 1 heterocycles. The predicted octanol–water partition coefficient (Wildman–Crippen LogP) is 4.35. The summed E-state index contributed by atoms with van der Waals surface area (Å²) in [5, 5.41) is 0.975. The Bertz CT molecular complexity index is 487. The van der Waals surface area contributed by atoms with Gasteiger partial charge in [-0.1, -0.05) is 15.9 Å². The Morgan fingerprint density at radius 2 is 2.00 bits per heavy atom. The van der Waals surface area contributed by atoms with Crippen molar-refractivity contribution in [3.63, 3.8) is 0 Å². The first-order chi connectivity index (χ1) is 7.02. The molecule has 2 aromatic rings. The van der Waals surface area contributed by atoms with E-state index < -0.39 is 11.7 Å². The van der Waals surface area contributed by atoms with Gasteiger partial charge in [-0.3, -0.25) is 0 Å².